The van der Waals surface area contributed by atoms with Gasteiger partial charge in [0.2, 0.25) is 5.91 Å². The average molecular weight is 276 g/mol. The second kappa shape index (κ2) is 6.38. The highest BCUT2D eigenvalue weighted by atomic mass is 32.2. The molecule has 0 bridgehead atoms. The summed E-state index contributed by atoms with van der Waals surface area (Å²) in [4.78, 5) is 11.8. The molecule has 0 spiro atoms. The maximum absolute atomic E-state index is 11.8. The predicted octanol–water partition coefficient (Wildman–Crippen LogP) is 1.78. The van der Waals surface area contributed by atoms with Gasteiger partial charge in [-0.25, -0.2) is 0 Å². The Morgan fingerprint density at radius 2 is 2.16 bits per heavy atom. The number of hydrogen-bond donors (Lipinski definition) is 1. The van der Waals surface area contributed by atoms with Gasteiger partial charge in [-0.2, -0.15) is 0 Å². The van der Waals surface area contributed by atoms with Gasteiger partial charge in [-0.3, -0.25) is 4.79 Å². The molecule has 2 rings (SSSR count). The first kappa shape index (κ1) is 13.6. The van der Waals surface area contributed by atoms with E-state index in [1.54, 1.807) is 10.9 Å². The molecule has 0 radical (unpaired) electrons. The van der Waals surface area contributed by atoms with Crippen molar-refractivity contribution in [2.75, 3.05) is 5.75 Å². The van der Waals surface area contributed by atoms with E-state index < -0.39 is 0 Å². The van der Waals surface area contributed by atoms with Crippen molar-refractivity contribution < 1.29 is 4.79 Å². The van der Waals surface area contributed by atoms with Crippen LogP contribution in [0, 0.1) is 0 Å². The number of carbonyl (C=O) groups excluding carboxylic acids is 1. The zero-order valence-corrected chi connectivity index (χ0v) is 11.7. The molecule has 5 nitrogen and oxygen atoms in total. The summed E-state index contributed by atoms with van der Waals surface area (Å²) in [5, 5.41) is 11.4. The van der Waals surface area contributed by atoms with Crippen molar-refractivity contribution in [2.24, 2.45) is 7.05 Å². The summed E-state index contributed by atoms with van der Waals surface area (Å²) in [6.45, 7) is 1.97. The first-order valence-corrected chi connectivity index (χ1v) is 6.96. The fraction of sp³-hybridized carbons (Fsp3) is 0.308. The summed E-state index contributed by atoms with van der Waals surface area (Å²) in [5.41, 5.74) is 1.10. The van der Waals surface area contributed by atoms with Crippen LogP contribution in [0.5, 0.6) is 0 Å². The highest BCUT2D eigenvalue weighted by molar-refractivity contribution is 7.99. The number of thioether (sulfide) groups is 1. The van der Waals surface area contributed by atoms with Crippen LogP contribution < -0.4 is 5.32 Å². The molecule has 1 N–H and O–H groups in total. The second-order valence-corrected chi connectivity index (χ2v) is 5.16. The van der Waals surface area contributed by atoms with E-state index in [-0.39, 0.29) is 11.9 Å². The number of aryl methyl sites for hydroxylation is 1. The lowest BCUT2D eigenvalue weighted by atomic mass is 10.1. The third-order valence-corrected chi connectivity index (χ3v) is 3.71. The molecule has 0 aliphatic carbocycles. The van der Waals surface area contributed by atoms with E-state index in [4.69, 9.17) is 0 Å². The Hall–Kier alpha value is -1.82. The fourth-order valence-electron chi connectivity index (χ4n) is 1.64. The van der Waals surface area contributed by atoms with E-state index in [0.717, 1.165) is 10.7 Å². The highest BCUT2D eigenvalue weighted by Crippen LogP contribution is 2.15. The van der Waals surface area contributed by atoms with Gasteiger partial charge in [0.05, 0.1) is 11.8 Å². The summed E-state index contributed by atoms with van der Waals surface area (Å²) in [5.74, 6) is 0.327. The molecule has 1 aromatic heterocycles. The molecule has 1 amide bonds. The van der Waals surface area contributed by atoms with E-state index in [1.807, 2.05) is 44.3 Å². The molecule has 0 unspecified atom stereocenters. The topological polar surface area (TPSA) is 59.8 Å². The fourth-order valence-corrected chi connectivity index (χ4v) is 2.34. The van der Waals surface area contributed by atoms with Crippen LogP contribution in [0.25, 0.3) is 0 Å². The number of carbonyl (C=O) groups is 1. The lowest BCUT2D eigenvalue weighted by Gasteiger charge is -2.13. The van der Waals surface area contributed by atoms with Gasteiger partial charge in [-0.1, -0.05) is 42.1 Å². The Labute approximate surface area is 116 Å². The summed E-state index contributed by atoms with van der Waals surface area (Å²) >= 11 is 1.38. The van der Waals surface area contributed by atoms with E-state index in [2.05, 4.69) is 15.5 Å². The normalized spacial score (nSPS) is 12.1. The standard InChI is InChI=1S/C13H16N4OS/c1-10(11-6-4-3-5-7-11)15-12(18)8-19-13-16-14-9-17(13)2/h3-7,9-10H,8H2,1-2H3,(H,15,18)/t10-/m1/s1. The number of amides is 1. The number of rotatable bonds is 5. The summed E-state index contributed by atoms with van der Waals surface area (Å²) < 4.78 is 1.79. The van der Waals surface area contributed by atoms with Crippen molar-refractivity contribution in [3.05, 3.63) is 42.2 Å². The van der Waals surface area contributed by atoms with Crippen LogP contribution in [-0.2, 0) is 11.8 Å². The molecule has 0 saturated carbocycles. The van der Waals surface area contributed by atoms with Crippen molar-refractivity contribution >= 4 is 17.7 Å². The van der Waals surface area contributed by atoms with Crippen LogP contribution in [0.1, 0.15) is 18.5 Å². The Balaban J connectivity index is 1.83. The molecular weight excluding hydrogens is 260 g/mol. The monoisotopic (exact) mass is 276 g/mol. The Morgan fingerprint density at radius 3 is 2.79 bits per heavy atom. The van der Waals surface area contributed by atoms with Crippen LogP contribution in [0.2, 0.25) is 0 Å². The number of benzene rings is 1. The van der Waals surface area contributed by atoms with Gasteiger partial charge in [0.25, 0.3) is 0 Å². The van der Waals surface area contributed by atoms with E-state index in [9.17, 15) is 4.79 Å². The second-order valence-electron chi connectivity index (χ2n) is 4.21. The molecule has 1 heterocycles. The summed E-state index contributed by atoms with van der Waals surface area (Å²) in [6.07, 6.45) is 1.62. The van der Waals surface area contributed by atoms with Crippen LogP contribution >= 0.6 is 11.8 Å². The highest BCUT2D eigenvalue weighted by Gasteiger charge is 2.11. The molecule has 1 aromatic carbocycles. The average Bonchev–Trinajstić information content (AvgIpc) is 2.83. The van der Waals surface area contributed by atoms with Gasteiger partial charge in [-0.15, -0.1) is 10.2 Å². The lowest BCUT2D eigenvalue weighted by Crippen LogP contribution is -2.28. The first-order valence-electron chi connectivity index (χ1n) is 5.98. The molecule has 19 heavy (non-hydrogen) atoms. The quantitative estimate of drug-likeness (QED) is 0.846. The molecule has 0 aliphatic heterocycles. The number of nitrogens with one attached hydrogen (secondary N) is 1. The maximum Gasteiger partial charge on any atom is 0.230 e. The lowest BCUT2D eigenvalue weighted by molar-refractivity contribution is -0.119. The van der Waals surface area contributed by atoms with Crippen LogP contribution in [-0.4, -0.2) is 26.4 Å². The first-order chi connectivity index (χ1) is 9.16. The minimum Gasteiger partial charge on any atom is -0.349 e. The minimum atomic E-state index is -0.00986. The van der Waals surface area contributed by atoms with Crippen LogP contribution in [0.15, 0.2) is 41.8 Å². The summed E-state index contributed by atoms with van der Waals surface area (Å²) in [7, 11) is 1.85. The molecule has 0 aliphatic rings. The van der Waals surface area contributed by atoms with Crippen molar-refractivity contribution in [1.29, 1.82) is 0 Å². The molecule has 1 atom stereocenters. The molecule has 100 valence electrons. The van der Waals surface area contributed by atoms with E-state index in [0.29, 0.717) is 5.75 Å². The zero-order valence-electron chi connectivity index (χ0n) is 10.9. The Morgan fingerprint density at radius 1 is 1.42 bits per heavy atom. The number of hydrogen-bond acceptors (Lipinski definition) is 4. The van der Waals surface area contributed by atoms with Crippen molar-refractivity contribution in [3.8, 4) is 0 Å². The molecule has 2 aromatic rings. The van der Waals surface area contributed by atoms with Gasteiger partial charge >= 0.3 is 0 Å². The smallest absolute Gasteiger partial charge is 0.230 e. The molecule has 0 fully saturated rings. The molecular formula is C13H16N4OS. The van der Waals surface area contributed by atoms with Crippen molar-refractivity contribution in [3.63, 3.8) is 0 Å². The SMILES string of the molecule is C[C@@H](NC(=O)CSc1nncn1C)c1ccccc1. The molecule has 6 heteroatoms. The maximum atomic E-state index is 11.8. The third kappa shape index (κ3) is 3.82. The molecule has 0 saturated heterocycles. The van der Waals surface area contributed by atoms with Gasteiger partial charge in [0, 0.05) is 7.05 Å². The zero-order chi connectivity index (χ0) is 13.7. The van der Waals surface area contributed by atoms with Gasteiger partial charge in [0.1, 0.15) is 6.33 Å². The van der Waals surface area contributed by atoms with Crippen LogP contribution in [0.4, 0.5) is 0 Å². The van der Waals surface area contributed by atoms with Crippen molar-refractivity contribution in [2.45, 2.75) is 18.1 Å². The minimum absolute atomic E-state index is 0.00814. The Kier molecular flexibility index (Phi) is 4.57. The Bertz CT molecular complexity index is 541. The van der Waals surface area contributed by atoms with Gasteiger partial charge < -0.3 is 9.88 Å². The number of nitrogens with zero attached hydrogens (tertiary/aromatic N) is 3. The third-order valence-electron chi connectivity index (χ3n) is 2.68. The summed E-state index contributed by atoms with van der Waals surface area (Å²) in [6, 6.07) is 9.90. The van der Waals surface area contributed by atoms with Crippen molar-refractivity contribution in [1.82, 2.24) is 20.1 Å². The largest absolute Gasteiger partial charge is 0.349 e. The number of aromatic nitrogens is 3. The van der Waals surface area contributed by atoms with Gasteiger partial charge in [0.15, 0.2) is 5.16 Å². The van der Waals surface area contributed by atoms with Gasteiger partial charge in [-0.05, 0) is 12.5 Å². The van der Waals surface area contributed by atoms with Crippen LogP contribution in [0.3, 0.4) is 0 Å². The van der Waals surface area contributed by atoms with E-state index in [1.165, 1.54) is 11.8 Å². The van der Waals surface area contributed by atoms with E-state index >= 15 is 0 Å². The predicted molar refractivity (Wildman–Crippen MR) is 74.7 cm³/mol.